The van der Waals surface area contributed by atoms with Crippen molar-refractivity contribution in [3.8, 4) is 5.75 Å². The molecule has 0 aliphatic carbocycles. The SMILES string of the molecule is COC(=O)C1CN(S(C)(=O)=O)c2ccc(C)cc2O1. The van der Waals surface area contributed by atoms with Gasteiger partial charge in [0.2, 0.25) is 16.1 Å². The Bertz CT molecular complexity index is 611. The third-order valence-electron chi connectivity index (χ3n) is 2.85. The van der Waals surface area contributed by atoms with Crippen LogP contribution in [0.5, 0.6) is 5.75 Å². The predicted octanol–water partition coefficient (Wildman–Crippen LogP) is 0.695. The second-order valence-corrected chi connectivity index (χ2v) is 6.30. The van der Waals surface area contributed by atoms with Crippen molar-refractivity contribution in [1.29, 1.82) is 0 Å². The van der Waals surface area contributed by atoms with Crippen molar-refractivity contribution in [3.63, 3.8) is 0 Å². The molecule has 6 nitrogen and oxygen atoms in total. The lowest BCUT2D eigenvalue weighted by molar-refractivity contribution is -0.148. The molecule has 1 aromatic rings. The zero-order valence-electron chi connectivity index (χ0n) is 10.9. The molecule has 2 rings (SSSR count). The quantitative estimate of drug-likeness (QED) is 0.748. The van der Waals surface area contributed by atoms with Gasteiger partial charge in [-0.3, -0.25) is 4.31 Å². The second kappa shape index (κ2) is 4.73. The summed E-state index contributed by atoms with van der Waals surface area (Å²) in [4.78, 5) is 11.6. The van der Waals surface area contributed by atoms with Crippen LogP contribution in [-0.2, 0) is 19.6 Å². The number of hydrogen-bond donors (Lipinski definition) is 0. The van der Waals surface area contributed by atoms with Gasteiger partial charge in [-0.05, 0) is 24.6 Å². The molecule has 0 radical (unpaired) electrons. The van der Waals surface area contributed by atoms with E-state index in [1.54, 1.807) is 18.2 Å². The summed E-state index contributed by atoms with van der Waals surface area (Å²) in [6, 6.07) is 5.15. The fraction of sp³-hybridized carbons (Fsp3) is 0.417. The average Bonchev–Trinajstić information content (AvgIpc) is 2.34. The lowest BCUT2D eigenvalue weighted by atomic mass is 10.1. The number of aryl methyl sites for hydroxylation is 1. The van der Waals surface area contributed by atoms with E-state index >= 15 is 0 Å². The maximum Gasteiger partial charge on any atom is 0.348 e. The number of esters is 1. The first kappa shape index (κ1) is 13.7. The van der Waals surface area contributed by atoms with Crippen LogP contribution < -0.4 is 9.04 Å². The summed E-state index contributed by atoms with van der Waals surface area (Å²) in [5.74, 6) is -0.229. The lowest BCUT2D eigenvalue weighted by Crippen LogP contribution is -2.47. The normalized spacial score (nSPS) is 18.5. The number of nitrogens with zero attached hydrogens (tertiary/aromatic N) is 1. The van der Waals surface area contributed by atoms with Crippen molar-refractivity contribution in [2.24, 2.45) is 0 Å². The van der Waals surface area contributed by atoms with Crippen molar-refractivity contribution in [2.45, 2.75) is 13.0 Å². The summed E-state index contributed by atoms with van der Waals surface area (Å²) in [5, 5.41) is 0. The first-order valence-corrected chi connectivity index (χ1v) is 7.50. The summed E-state index contributed by atoms with van der Waals surface area (Å²) < 4.78 is 34.9. The summed E-state index contributed by atoms with van der Waals surface area (Å²) in [7, 11) is -2.24. The van der Waals surface area contributed by atoms with E-state index in [1.807, 2.05) is 6.92 Å². The van der Waals surface area contributed by atoms with Gasteiger partial charge in [-0.25, -0.2) is 13.2 Å². The van der Waals surface area contributed by atoms with Gasteiger partial charge in [0.05, 0.1) is 25.6 Å². The number of fused-ring (bicyclic) bond motifs is 1. The first-order chi connectivity index (χ1) is 8.82. The molecule has 0 fully saturated rings. The smallest absolute Gasteiger partial charge is 0.348 e. The molecule has 104 valence electrons. The van der Waals surface area contributed by atoms with Crippen molar-refractivity contribution in [3.05, 3.63) is 23.8 Å². The van der Waals surface area contributed by atoms with E-state index in [0.717, 1.165) is 16.1 Å². The summed E-state index contributed by atoms with van der Waals surface area (Å²) in [6.45, 7) is 1.78. The fourth-order valence-corrected chi connectivity index (χ4v) is 2.84. The first-order valence-electron chi connectivity index (χ1n) is 5.66. The molecule has 1 aliphatic heterocycles. The number of ether oxygens (including phenoxy) is 2. The molecule has 0 bridgehead atoms. The van der Waals surface area contributed by atoms with Gasteiger partial charge in [0.15, 0.2) is 0 Å². The molecule has 1 aliphatic rings. The molecule has 0 aromatic heterocycles. The Morgan fingerprint density at radius 1 is 1.47 bits per heavy atom. The van der Waals surface area contributed by atoms with E-state index < -0.39 is 22.1 Å². The van der Waals surface area contributed by atoms with Crippen LogP contribution in [0.2, 0.25) is 0 Å². The maximum atomic E-state index is 11.8. The molecule has 0 N–H and O–H groups in total. The summed E-state index contributed by atoms with van der Waals surface area (Å²) >= 11 is 0. The predicted molar refractivity (Wildman–Crippen MR) is 69.8 cm³/mol. The van der Waals surface area contributed by atoms with Gasteiger partial charge in [0.1, 0.15) is 5.75 Å². The van der Waals surface area contributed by atoms with Gasteiger partial charge in [-0.2, -0.15) is 0 Å². The molecular formula is C12H15NO5S. The Labute approximate surface area is 112 Å². The zero-order chi connectivity index (χ0) is 14.2. The van der Waals surface area contributed by atoms with Crippen LogP contribution in [0, 0.1) is 6.92 Å². The number of anilines is 1. The minimum Gasteiger partial charge on any atom is -0.475 e. The van der Waals surface area contributed by atoms with Gasteiger partial charge in [0.25, 0.3) is 0 Å². The highest BCUT2D eigenvalue weighted by molar-refractivity contribution is 7.92. The number of hydrogen-bond acceptors (Lipinski definition) is 5. The number of carbonyl (C=O) groups excluding carboxylic acids is 1. The Kier molecular flexibility index (Phi) is 3.40. The summed E-state index contributed by atoms with van der Waals surface area (Å²) in [5.41, 5.74) is 1.35. The molecule has 1 unspecified atom stereocenters. The second-order valence-electron chi connectivity index (χ2n) is 4.39. The van der Waals surface area contributed by atoms with Crippen LogP contribution in [0.3, 0.4) is 0 Å². The van der Waals surface area contributed by atoms with E-state index in [4.69, 9.17) is 4.74 Å². The Hall–Kier alpha value is -1.76. The lowest BCUT2D eigenvalue weighted by Gasteiger charge is -2.33. The van der Waals surface area contributed by atoms with Gasteiger partial charge in [-0.1, -0.05) is 6.07 Å². The molecule has 1 atom stereocenters. The number of benzene rings is 1. The fourth-order valence-electron chi connectivity index (χ4n) is 1.93. The number of carbonyl (C=O) groups is 1. The molecule has 0 amide bonds. The molecule has 1 aromatic carbocycles. The molecule has 0 saturated carbocycles. The van der Waals surface area contributed by atoms with Crippen LogP contribution in [-0.4, -0.2) is 40.4 Å². The Morgan fingerprint density at radius 3 is 2.74 bits per heavy atom. The highest BCUT2D eigenvalue weighted by Gasteiger charge is 2.35. The zero-order valence-corrected chi connectivity index (χ0v) is 11.7. The maximum absolute atomic E-state index is 11.8. The Morgan fingerprint density at radius 2 is 2.16 bits per heavy atom. The molecule has 0 spiro atoms. The number of methoxy groups -OCH3 is 1. The number of sulfonamides is 1. The highest BCUT2D eigenvalue weighted by Crippen LogP contribution is 2.35. The third kappa shape index (κ3) is 2.65. The van der Waals surface area contributed by atoms with Crippen LogP contribution >= 0.6 is 0 Å². The van der Waals surface area contributed by atoms with Gasteiger partial charge < -0.3 is 9.47 Å². The largest absolute Gasteiger partial charge is 0.475 e. The van der Waals surface area contributed by atoms with Crippen molar-refractivity contribution in [1.82, 2.24) is 0 Å². The van der Waals surface area contributed by atoms with Gasteiger partial charge >= 0.3 is 5.97 Å². The molecule has 1 heterocycles. The monoisotopic (exact) mass is 285 g/mol. The van der Waals surface area contributed by atoms with Crippen LogP contribution in [0.4, 0.5) is 5.69 Å². The van der Waals surface area contributed by atoms with Crippen LogP contribution in [0.25, 0.3) is 0 Å². The topological polar surface area (TPSA) is 72.9 Å². The van der Waals surface area contributed by atoms with E-state index in [-0.39, 0.29) is 6.54 Å². The average molecular weight is 285 g/mol. The van der Waals surface area contributed by atoms with E-state index in [9.17, 15) is 13.2 Å². The van der Waals surface area contributed by atoms with E-state index in [1.165, 1.54) is 7.11 Å². The van der Waals surface area contributed by atoms with Crippen LogP contribution in [0.15, 0.2) is 18.2 Å². The third-order valence-corrected chi connectivity index (χ3v) is 4.00. The van der Waals surface area contributed by atoms with E-state index in [2.05, 4.69) is 4.74 Å². The van der Waals surface area contributed by atoms with Crippen molar-refractivity contribution >= 4 is 21.7 Å². The minimum atomic E-state index is -3.48. The molecule has 19 heavy (non-hydrogen) atoms. The molecule has 7 heteroatoms. The number of rotatable bonds is 2. The molecular weight excluding hydrogens is 270 g/mol. The highest BCUT2D eigenvalue weighted by atomic mass is 32.2. The Balaban J connectivity index is 2.49. The van der Waals surface area contributed by atoms with E-state index in [0.29, 0.717) is 11.4 Å². The van der Waals surface area contributed by atoms with Crippen molar-refractivity contribution < 1.29 is 22.7 Å². The molecule has 0 saturated heterocycles. The minimum absolute atomic E-state index is 0.0818. The standard InChI is InChI=1S/C12H15NO5S/c1-8-4-5-9-10(6-8)18-11(12(14)17-2)7-13(9)19(3,15)16/h4-6,11H,7H2,1-3H3. The summed E-state index contributed by atoms with van der Waals surface area (Å²) in [6.07, 6.45) is 0.144. The van der Waals surface area contributed by atoms with Gasteiger partial charge in [0, 0.05) is 0 Å². The van der Waals surface area contributed by atoms with Crippen LogP contribution in [0.1, 0.15) is 5.56 Å². The van der Waals surface area contributed by atoms with Crippen molar-refractivity contribution in [2.75, 3.05) is 24.2 Å². The van der Waals surface area contributed by atoms with Gasteiger partial charge in [-0.15, -0.1) is 0 Å².